The first-order valence-corrected chi connectivity index (χ1v) is 5.53. The monoisotopic (exact) mass is 223 g/mol. The van der Waals surface area contributed by atoms with Crippen LogP contribution in [0, 0.1) is 0 Å². The van der Waals surface area contributed by atoms with Crippen LogP contribution in [-0.2, 0) is 0 Å². The zero-order valence-corrected chi connectivity index (χ0v) is 10.7. The molecule has 0 aliphatic heterocycles. The largest absolute Gasteiger partial charge is 0.497 e. The summed E-state index contributed by atoms with van der Waals surface area (Å²) < 4.78 is 10.6. The van der Waals surface area contributed by atoms with Crippen molar-refractivity contribution in [2.24, 2.45) is 0 Å². The van der Waals surface area contributed by atoms with Crippen molar-refractivity contribution in [1.29, 1.82) is 0 Å². The van der Waals surface area contributed by atoms with Crippen molar-refractivity contribution in [2.75, 3.05) is 21.3 Å². The van der Waals surface area contributed by atoms with Crippen LogP contribution in [0.4, 0.5) is 0 Å². The van der Waals surface area contributed by atoms with Gasteiger partial charge in [-0.05, 0) is 38.1 Å². The van der Waals surface area contributed by atoms with Gasteiger partial charge in [-0.2, -0.15) is 0 Å². The molecule has 1 rings (SSSR count). The molecule has 0 spiro atoms. The molecule has 0 aromatic heterocycles. The Bertz CT molecular complexity index is 339. The van der Waals surface area contributed by atoms with E-state index in [1.807, 2.05) is 25.2 Å². The lowest BCUT2D eigenvalue weighted by atomic mass is 9.93. The maximum Gasteiger partial charge on any atom is 0.122 e. The lowest BCUT2D eigenvalue weighted by Crippen LogP contribution is -2.27. The van der Waals surface area contributed by atoms with Gasteiger partial charge in [-0.3, -0.25) is 0 Å². The first kappa shape index (κ1) is 12.8. The number of methoxy groups -OCH3 is 2. The van der Waals surface area contributed by atoms with Crippen LogP contribution in [0.1, 0.15) is 25.3 Å². The van der Waals surface area contributed by atoms with Crippen molar-refractivity contribution in [2.45, 2.75) is 25.8 Å². The van der Waals surface area contributed by atoms with Gasteiger partial charge in [-0.1, -0.05) is 6.92 Å². The topological polar surface area (TPSA) is 30.5 Å². The summed E-state index contributed by atoms with van der Waals surface area (Å²) in [5.41, 5.74) is 1.17. The highest BCUT2D eigenvalue weighted by Crippen LogP contribution is 2.31. The number of hydrogen-bond donors (Lipinski definition) is 1. The highest BCUT2D eigenvalue weighted by Gasteiger charge is 2.17. The van der Waals surface area contributed by atoms with Gasteiger partial charge in [0.2, 0.25) is 0 Å². The molecule has 1 aromatic rings. The van der Waals surface area contributed by atoms with Crippen molar-refractivity contribution < 1.29 is 9.47 Å². The predicted molar refractivity (Wildman–Crippen MR) is 66.5 cm³/mol. The van der Waals surface area contributed by atoms with E-state index in [1.54, 1.807) is 14.2 Å². The van der Waals surface area contributed by atoms with E-state index >= 15 is 0 Å². The normalized spacial score (nSPS) is 14.3. The predicted octanol–water partition coefficient (Wildman–Crippen LogP) is 2.42. The van der Waals surface area contributed by atoms with Crippen LogP contribution in [0.5, 0.6) is 11.5 Å². The van der Waals surface area contributed by atoms with Gasteiger partial charge in [0.15, 0.2) is 0 Å². The molecule has 0 fully saturated rings. The van der Waals surface area contributed by atoms with E-state index in [0.29, 0.717) is 12.0 Å². The van der Waals surface area contributed by atoms with Crippen LogP contribution >= 0.6 is 0 Å². The molecule has 2 unspecified atom stereocenters. The third-order valence-corrected chi connectivity index (χ3v) is 3.13. The molecule has 0 saturated heterocycles. The molecule has 3 heteroatoms. The molecule has 3 nitrogen and oxygen atoms in total. The Morgan fingerprint density at radius 1 is 1.12 bits per heavy atom. The zero-order chi connectivity index (χ0) is 12.1. The minimum atomic E-state index is 0.370. The Kier molecular flexibility index (Phi) is 4.62. The van der Waals surface area contributed by atoms with Crippen molar-refractivity contribution in [3.8, 4) is 11.5 Å². The summed E-state index contributed by atoms with van der Waals surface area (Å²) in [7, 11) is 5.34. The average Bonchev–Trinajstić information content (AvgIpc) is 2.35. The number of rotatable bonds is 5. The van der Waals surface area contributed by atoms with Crippen LogP contribution in [0.2, 0.25) is 0 Å². The lowest BCUT2D eigenvalue weighted by molar-refractivity contribution is 0.390. The van der Waals surface area contributed by atoms with Gasteiger partial charge in [0.25, 0.3) is 0 Å². The summed E-state index contributed by atoms with van der Waals surface area (Å²) in [6, 6.07) is 6.30. The molecule has 0 heterocycles. The van der Waals surface area contributed by atoms with Crippen LogP contribution in [0.25, 0.3) is 0 Å². The maximum atomic E-state index is 5.38. The molecular weight excluding hydrogens is 202 g/mol. The third kappa shape index (κ3) is 2.67. The number of ether oxygens (including phenoxy) is 2. The molecule has 0 amide bonds. The Labute approximate surface area is 97.8 Å². The van der Waals surface area contributed by atoms with Crippen molar-refractivity contribution in [3.05, 3.63) is 23.8 Å². The smallest absolute Gasteiger partial charge is 0.122 e. The molecule has 0 aliphatic carbocycles. The third-order valence-electron chi connectivity index (χ3n) is 3.13. The molecular formula is C13H21NO2. The van der Waals surface area contributed by atoms with Crippen LogP contribution in [0.3, 0.4) is 0 Å². The van der Waals surface area contributed by atoms with Gasteiger partial charge < -0.3 is 14.8 Å². The molecule has 90 valence electrons. The molecule has 0 radical (unpaired) electrons. The minimum Gasteiger partial charge on any atom is -0.497 e. The van der Waals surface area contributed by atoms with E-state index in [1.165, 1.54) is 5.56 Å². The second-order valence-electron chi connectivity index (χ2n) is 3.97. The molecule has 1 N–H and O–H groups in total. The first-order valence-electron chi connectivity index (χ1n) is 5.53. The summed E-state index contributed by atoms with van der Waals surface area (Å²) in [6.07, 6.45) is 0. The second-order valence-corrected chi connectivity index (χ2v) is 3.97. The highest BCUT2D eigenvalue weighted by atomic mass is 16.5. The van der Waals surface area contributed by atoms with E-state index in [-0.39, 0.29) is 0 Å². The highest BCUT2D eigenvalue weighted by molar-refractivity contribution is 5.42. The Morgan fingerprint density at radius 3 is 2.31 bits per heavy atom. The summed E-state index contributed by atoms with van der Waals surface area (Å²) >= 11 is 0. The Balaban J connectivity index is 3.07. The average molecular weight is 223 g/mol. The van der Waals surface area contributed by atoms with Gasteiger partial charge >= 0.3 is 0 Å². The van der Waals surface area contributed by atoms with Crippen LogP contribution in [-0.4, -0.2) is 27.3 Å². The minimum absolute atomic E-state index is 0.370. The van der Waals surface area contributed by atoms with E-state index in [9.17, 15) is 0 Å². The number of benzene rings is 1. The van der Waals surface area contributed by atoms with Crippen LogP contribution in [0.15, 0.2) is 18.2 Å². The summed E-state index contributed by atoms with van der Waals surface area (Å²) in [5.74, 6) is 2.15. The van der Waals surface area contributed by atoms with Crippen LogP contribution < -0.4 is 14.8 Å². The Hall–Kier alpha value is -1.22. The standard InChI is InChI=1S/C13H21NO2/c1-9(10(2)14-3)12-8-11(15-4)6-7-13(12)16-5/h6-10,14H,1-5H3. The fourth-order valence-electron chi connectivity index (χ4n) is 1.71. The van der Waals surface area contributed by atoms with E-state index in [0.717, 1.165) is 11.5 Å². The molecule has 1 aromatic carbocycles. The van der Waals surface area contributed by atoms with E-state index in [4.69, 9.17) is 9.47 Å². The number of hydrogen-bond acceptors (Lipinski definition) is 3. The SMILES string of the molecule is CNC(C)C(C)c1cc(OC)ccc1OC. The summed E-state index contributed by atoms with van der Waals surface area (Å²) in [4.78, 5) is 0. The van der Waals surface area contributed by atoms with Gasteiger partial charge in [0, 0.05) is 11.6 Å². The fourth-order valence-corrected chi connectivity index (χ4v) is 1.71. The van der Waals surface area contributed by atoms with Gasteiger partial charge in [0.1, 0.15) is 11.5 Å². The molecule has 2 atom stereocenters. The zero-order valence-electron chi connectivity index (χ0n) is 10.7. The van der Waals surface area contributed by atoms with Crippen molar-refractivity contribution in [3.63, 3.8) is 0 Å². The number of likely N-dealkylation sites (N-methyl/N-ethyl adjacent to an activating group) is 1. The lowest BCUT2D eigenvalue weighted by Gasteiger charge is -2.22. The van der Waals surface area contributed by atoms with E-state index in [2.05, 4.69) is 19.2 Å². The van der Waals surface area contributed by atoms with E-state index < -0.39 is 0 Å². The van der Waals surface area contributed by atoms with Gasteiger partial charge in [-0.15, -0.1) is 0 Å². The maximum absolute atomic E-state index is 5.38. The number of nitrogens with one attached hydrogen (secondary N) is 1. The fraction of sp³-hybridized carbons (Fsp3) is 0.538. The van der Waals surface area contributed by atoms with Crippen molar-refractivity contribution in [1.82, 2.24) is 5.32 Å². The Morgan fingerprint density at radius 2 is 1.81 bits per heavy atom. The summed E-state index contributed by atoms with van der Waals surface area (Å²) in [5, 5.41) is 3.26. The summed E-state index contributed by atoms with van der Waals surface area (Å²) in [6.45, 7) is 4.34. The molecule has 0 saturated carbocycles. The molecule has 16 heavy (non-hydrogen) atoms. The van der Waals surface area contributed by atoms with Gasteiger partial charge in [-0.25, -0.2) is 0 Å². The van der Waals surface area contributed by atoms with Crippen molar-refractivity contribution >= 4 is 0 Å². The van der Waals surface area contributed by atoms with Gasteiger partial charge in [0.05, 0.1) is 14.2 Å². The second kappa shape index (κ2) is 5.75. The molecule has 0 bridgehead atoms. The quantitative estimate of drug-likeness (QED) is 0.831. The molecule has 0 aliphatic rings. The first-order chi connectivity index (χ1) is 7.63.